The molecule has 0 aliphatic carbocycles. The van der Waals surface area contributed by atoms with Gasteiger partial charge in [0.15, 0.2) is 6.61 Å². The van der Waals surface area contributed by atoms with Gasteiger partial charge in [-0.3, -0.25) is 9.59 Å². The molecule has 0 spiro atoms. The molecule has 1 heterocycles. The highest BCUT2D eigenvalue weighted by Gasteiger charge is 2.18. The van der Waals surface area contributed by atoms with E-state index in [1.165, 1.54) is 0 Å². The minimum absolute atomic E-state index is 0.153. The Hall–Kier alpha value is -2.92. The molecule has 1 aromatic heterocycles. The summed E-state index contributed by atoms with van der Waals surface area (Å²) in [5.74, 6) is -0.740. The number of benzene rings is 2. The van der Waals surface area contributed by atoms with E-state index in [4.69, 9.17) is 4.74 Å². The van der Waals surface area contributed by atoms with Gasteiger partial charge in [-0.15, -0.1) is 11.3 Å². The van der Waals surface area contributed by atoms with Gasteiger partial charge in [-0.2, -0.15) is 0 Å². The summed E-state index contributed by atoms with van der Waals surface area (Å²) < 4.78 is 5.14. The lowest BCUT2D eigenvalue weighted by atomic mass is 10.1. The number of hydrogen-bond donors (Lipinski definition) is 1. The SMILES string of the molecule is Cc1ccc(CC(=O)OCC(=O)NC(c2ccccc2)c2cccs2)cc1. The summed E-state index contributed by atoms with van der Waals surface area (Å²) in [6, 6.07) is 21.1. The van der Waals surface area contributed by atoms with Crippen molar-refractivity contribution in [2.24, 2.45) is 0 Å². The molecule has 3 rings (SSSR count). The number of esters is 1. The van der Waals surface area contributed by atoms with E-state index >= 15 is 0 Å². The van der Waals surface area contributed by atoms with Crippen LogP contribution in [0.2, 0.25) is 0 Å². The highest BCUT2D eigenvalue weighted by atomic mass is 32.1. The Balaban J connectivity index is 1.56. The maximum absolute atomic E-state index is 12.3. The number of amides is 1. The predicted molar refractivity (Wildman–Crippen MR) is 107 cm³/mol. The van der Waals surface area contributed by atoms with Crippen molar-refractivity contribution in [2.45, 2.75) is 19.4 Å². The first-order valence-corrected chi connectivity index (χ1v) is 9.58. The third kappa shape index (κ3) is 5.53. The molecule has 2 aromatic carbocycles. The van der Waals surface area contributed by atoms with Crippen LogP contribution in [0, 0.1) is 6.92 Å². The van der Waals surface area contributed by atoms with Crippen molar-refractivity contribution in [2.75, 3.05) is 6.61 Å². The van der Waals surface area contributed by atoms with Crippen LogP contribution in [0.5, 0.6) is 0 Å². The summed E-state index contributed by atoms with van der Waals surface area (Å²) in [7, 11) is 0. The number of ether oxygens (including phenoxy) is 1. The number of carbonyl (C=O) groups excluding carboxylic acids is 2. The van der Waals surface area contributed by atoms with Crippen molar-refractivity contribution < 1.29 is 14.3 Å². The van der Waals surface area contributed by atoms with Crippen LogP contribution in [-0.2, 0) is 20.7 Å². The number of thiophene rings is 1. The number of carbonyl (C=O) groups is 2. The first kappa shape index (κ1) is 18.9. The van der Waals surface area contributed by atoms with Crippen molar-refractivity contribution in [1.29, 1.82) is 0 Å². The van der Waals surface area contributed by atoms with Gasteiger partial charge in [0.05, 0.1) is 12.5 Å². The number of nitrogens with one attached hydrogen (secondary N) is 1. The quantitative estimate of drug-likeness (QED) is 0.630. The molecule has 0 aliphatic heterocycles. The fourth-order valence-corrected chi connectivity index (χ4v) is 3.49. The topological polar surface area (TPSA) is 55.4 Å². The fraction of sp³-hybridized carbons (Fsp3) is 0.182. The molecule has 0 bridgehead atoms. The molecule has 1 N–H and O–H groups in total. The molecule has 1 unspecified atom stereocenters. The lowest BCUT2D eigenvalue weighted by Crippen LogP contribution is -2.32. The average Bonchev–Trinajstić information content (AvgIpc) is 3.21. The Morgan fingerprint density at radius 2 is 1.74 bits per heavy atom. The molecule has 1 atom stereocenters. The lowest BCUT2D eigenvalue weighted by Gasteiger charge is -2.18. The normalized spacial score (nSPS) is 11.6. The van der Waals surface area contributed by atoms with E-state index in [0.29, 0.717) is 0 Å². The van der Waals surface area contributed by atoms with E-state index in [0.717, 1.165) is 21.6 Å². The van der Waals surface area contributed by atoms with Gasteiger partial charge >= 0.3 is 5.97 Å². The molecule has 5 heteroatoms. The minimum atomic E-state index is -0.415. The van der Waals surface area contributed by atoms with Crippen LogP contribution >= 0.6 is 11.3 Å². The van der Waals surface area contributed by atoms with E-state index in [1.54, 1.807) is 11.3 Å². The molecule has 3 aromatic rings. The predicted octanol–water partition coefficient (Wildman–Crippen LogP) is 4.05. The van der Waals surface area contributed by atoms with Gasteiger partial charge in [0.2, 0.25) is 0 Å². The maximum atomic E-state index is 12.3. The Labute approximate surface area is 162 Å². The third-order valence-electron chi connectivity index (χ3n) is 4.10. The molecule has 0 radical (unpaired) electrons. The summed E-state index contributed by atoms with van der Waals surface area (Å²) in [6.45, 7) is 1.70. The molecule has 4 nitrogen and oxygen atoms in total. The molecular formula is C22H21NO3S. The van der Waals surface area contributed by atoms with Crippen molar-refractivity contribution in [1.82, 2.24) is 5.32 Å². The van der Waals surface area contributed by atoms with Crippen molar-refractivity contribution in [3.05, 3.63) is 93.7 Å². The van der Waals surface area contributed by atoms with Crippen LogP contribution in [0.25, 0.3) is 0 Å². The van der Waals surface area contributed by atoms with E-state index < -0.39 is 5.97 Å². The first-order valence-electron chi connectivity index (χ1n) is 8.70. The second-order valence-corrected chi connectivity index (χ2v) is 7.23. The zero-order chi connectivity index (χ0) is 19.1. The first-order chi connectivity index (χ1) is 13.1. The number of aryl methyl sites for hydroxylation is 1. The average molecular weight is 379 g/mol. The summed E-state index contributed by atoms with van der Waals surface area (Å²) in [4.78, 5) is 25.4. The van der Waals surface area contributed by atoms with Crippen LogP contribution in [0.3, 0.4) is 0 Å². The minimum Gasteiger partial charge on any atom is -0.455 e. The van der Waals surface area contributed by atoms with Gasteiger partial charge in [-0.1, -0.05) is 66.2 Å². The zero-order valence-electron chi connectivity index (χ0n) is 15.1. The van der Waals surface area contributed by atoms with Crippen molar-refractivity contribution in [3.63, 3.8) is 0 Å². The van der Waals surface area contributed by atoms with Crippen LogP contribution in [0.4, 0.5) is 0 Å². The van der Waals surface area contributed by atoms with E-state index in [-0.39, 0.29) is 25.0 Å². The van der Waals surface area contributed by atoms with E-state index in [2.05, 4.69) is 5.32 Å². The van der Waals surface area contributed by atoms with Gasteiger partial charge in [0, 0.05) is 4.88 Å². The second kappa shape index (κ2) is 9.14. The molecule has 1 amide bonds. The van der Waals surface area contributed by atoms with Gasteiger partial charge in [0.1, 0.15) is 0 Å². The number of rotatable bonds is 7. The van der Waals surface area contributed by atoms with Crippen LogP contribution < -0.4 is 5.32 Å². The largest absolute Gasteiger partial charge is 0.455 e. The van der Waals surface area contributed by atoms with Gasteiger partial charge < -0.3 is 10.1 Å². The highest BCUT2D eigenvalue weighted by Crippen LogP contribution is 2.25. The Bertz CT molecular complexity index is 874. The monoisotopic (exact) mass is 379 g/mol. The summed E-state index contributed by atoms with van der Waals surface area (Å²) in [5, 5.41) is 4.93. The molecule has 0 saturated carbocycles. The maximum Gasteiger partial charge on any atom is 0.310 e. The summed E-state index contributed by atoms with van der Waals surface area (Å²) >= 11 is 1.57. The molecule has 0 saturated heterocycles. The van der Waals surface area contributed by atoms with E-state index in [9.17, 15) is 9.59 Å². The molecule has 0 aliphatic rings. The number of hydrogen-bond acceptors (Lipinski definition) is 4. The lowest BCUT2D eigenvalue weighted by molar-refractivity contribution is -0.148. The highest BCUT2D eigenvalue weighted by molar-refractivity contribution is 7.10. The van der Waals surface area contributed by atoms with Crippen LogP contribution in [-0.4, -0.2) is 18.5 Å². The third-order valence-corrected chi connectivity index (χ3v) is 5.04. The summed E-state index contributed by atoms with van der Waals surface area (Å²) in [6.07, 6.45) is 0.153. The molecule has 27 heavy (non-hydrogen) atoms. The van der Waals surface area contributed by atoms with Gasteiger partial charge in [-0.25, -0.2) is 0 Å². The fourth-order valence-electron chi connectivity index (χ4n) is 2.69. The molecular weight excluding hydrogens is 358 g/mol. The second-order valence-electron chi connectivity index (χ2n) is 6.25. The summed E-state index contributed by atoms with van der Waals surface area (Å²) in [5.41, 5.74) is 2.98. The Morgan fingerprint density at radius 3 is 2.41 bits per heavy atom. The standard InChI is InChI=1S/C22H21NO3S/c1-16-9-11-17(12-10-16)14-21(25)26-15-20(24)23-22(19-8-5-13-27-19)18-6-3-2-4-7-18/h2-13,22H,14-15H2,1H3,(H,23,24). The van der Waals surface area contributed by atoms with E-state index in [1.807, 2.05) is 79.0 Å². The van der Waals surface area contributed by atoms with Crippen LogP contribution in [0.15, 0.2) is 72.1 Å². The molecule has 0 fully saturated rings. The van der Waals surface area contributed by atoms with Gasteiger partial charge in [-0.05, 0) is 29.5 Å². The smallest absolute Gasteiger partial charge is 0.310 e. The van der Waals surface area contributed by atoms with Crippen molar-refractivity contribution in [3.8, 4) is 0 Å². The Kier molecular flexibility index (Phi) is 6.39. The van der Waals surface area contributed by atoms with Gasteiger partial charge in [0.25, 0.3) is 5.91 Å². The Morgan fingerprint density at radius 1 is 1.00 bits per heavy atom. The van der Waals surface area contributed by atoms with Crippen LogP contribution in [0.1, 0.15) is 27.6 Å². The van der Waals surface area contributed by atoms with Crippen molar-refractivity contribution >= 4 is 23.2 Å². The zero-order valence-corrected chi connectivity index (χ0v) is 15.9. The molecule has 138 valence electrons.